The van der Waals surface area contributed by atoms with E-state index in [0.29, 0.717) is 0 Å². The molecule has 2 aromatic rings. The molecule has 17 heavy (non-hydrogen) atoms. The van der Waals surface area contributed by atoms with Gasteiger partial charge in [0.05, 0.1) is 0 Å². The molecule has 0 spiro atoms. The van der Waals surface area contributed by atoms with Crippen LogP contribution in [0.15, 0.2) is 27.4 Å². The van der Waals surface area contributed by atoms with E-state index in [1.807, 2.05) is 11.4 Å². The number of hydrogen-bond donors (Lipinski definition) is 1. The molecule has 0 amide bonds. The molecule has 0 unspecified atom stereocenters. The van der Waals surface area contributed by atoms with Crippen LogP contribution in [0.3, 0.4) is 0 Å². The fourth-order valence-electron chi connectivity index (χ4n) is 1.13. The molecular formula is C10H8N2O2S3. The molecule has 88 valence electrons. The summed E-state index contributed by atoms with van der Waals surface area (Å²) in [7, 11) is 0. The molecule has 0 aliphatic carbocycles. The maximum absolute atomic E-state index is 10.4. The average Bonchev–Trinajstić information content (AvgIpc) is 2.95. The van der Waals surface area contributed by atoms with E-state index in [1.165, 1.54) is 11.3 Å². The molecule has 4 nitrogen and oxygen atoms in total. The van der Waals surface area contributed by atoms with E-state index < -0.39 is 5.97 Å². The molecule has 0 saturated carbocycles. The van der Waals surface area contributed by atoms with Crippen molar-refractivity contribution in [3.63, 3.8) is 0 Å². The number of carboxylic acid groups (broad SMARTS) is 1. The molecule has 0 atom stereocenters. The van der Waals surface area contributed by atoms with Gasteiger partial charge < -0.3 is 5.11 Å². The zero-order valence-corrected chi connectivity index (χ0v) is 11.0. The van der Waals surface area contributed by atoms with Gasteiger partial charge in [-0.25, -0.2) is 4.79 Å². The molecule has 0 fully saturated rings. The van der Waals surface area contributed by atoms with Gasteiger partial charge in [-0.05, 0) is 23.1 Å². The number of carboxylic acids is 1. The van der Waals surface area contributed by atoms with Gasteiger partial charge in [-0.1, -0.05) is 23.1 Å². The first-order chi connectivity index (χ1) is 8.25. The van der Waals surface area contributed by atoms with Gasteiger partial charge in [0, 0.05) is 16.7 Å². The van der Waals surface area contributed by atoms with Crippen LogP contribution in [0.25, 0.3) is 6.08 Å². The first-order valence-corrected chi connectivity index (χ1v) is 7.36. The number of thiophene rings is 1. The minimum Gasteiger partial charge on any atom is -0.478 e. The van der Waals surface area contributed by atoms with Gasteiger partial charge in [0.15, 0.2) is 4.34 Å². The van der Waals surface area contributed by atoms with Crippen LogP contribution in [0.1, 0.15) is 10.4 Å². The summed E-state index contributed by atoms with van der Waals surface area (Å²) < 4.78 is 0.923. The Kier molecular flexibility index (Phi) is 4.29. The Balaban J connectivity index is 2.01. The van der Waals surface area contributed by atoms with E-state index in [4.69, 9.17) is 5.11 Å². The lowest BCUT2D eigenvalue weighted by Crippen LogP contribution is -1.86. The molecule has 2 heterocycles. The maximum atomic E-state index is 10.4. The van der Waals surface area contributed by atoms with Crippen molar-refractivity contribution in [1.29, 1.82) is 0 Å². The third kappa shape index (κ3) is 3.65. The van der Waals surface area contributed by atoms with Crippen molar-refractivity contribution in [2.75, 3.05) is 0 Å². The molecular weight excluding hydrogens is 276 g/mol. The van der Waals surface area contributed by atoms with E-state index in [-0.39, 0.29) is 0 Å². The predicted molar refractivity (Wildman–Crippen MR) is 70.5 cm³/mol. The summed E-state index contributed by atoms with van der Waals surface area (Å²) in [5.41, 5.74) is 2.65. The second kappa shape index (κ2) is 5.95. The van der Waals surface area contributed by atoms with E-state index in [2.05, 4.69) is 10.2 Å². The summed E-state index contributed by atoms with van der Waals surface area (Å²) in [6.07, 6.45) is 2.77. The lowest BCUT2D eigenvalue weighted by Gasteiger charge is -1.96. The number of thioether (sulfide) groups is 1. The van der Waals surface area contributed by atoms with Gasteiger partial charge in [-0.15, -0.1) is 21.5 Å². The van der Waals surface area contributed by atoms with Crippen LogP contribution in [-0.4, -0.2) is 21.3 Å². The van der Waals surface area contributed by atoms with Crippen LogP contribution in [0.4, 0.5) is 0 Å². The summed E-state index contributed by atoms with van der Waals surface area (Å²) in [4.78, 5) is 11.6. The van der Waals surface area contributed by atoms with Gasteiger partial charge in [0.1, 0.15) is 5.51 Å². The SMILES string of the molecule is O=C(O)C=Cc1ccsc1CSc1nncs1. The molecule has 0 aromatic carbocycles. The molecule has 0 saturated heterocycles. The van der Waals surface area contributed by atoms with Crippen molar-refractivity contribution < 1.29 is 9.90 Å². The molecule has 0 aliphatic rings. The Morgan fingerprint density at radius 3 is 3.12 bits per heavy atom. The largest absolute Gasteiger partial charge is 0.478 e. The van der Waals surface area contributed by atoms with Crippen LogP contribution in [-0.2, 0) is 10.5 Å². The van der Waals surface area contributed by atoms with Crippen LogP contribution >= 0.6 is 34.4 Å². The molecule has 1 N–H and O–H groups in total. The number of aromatic nitrogens is 2. The van der Waals surface area contributed by atoms with Gasteiger partial charge in [-0.2, -0.15) is 0 Å². The second-order valence-corrected chi connectivity index (χ2v) is 6.02. The normalized spacial score (nSPS) is 11.1. The lowest BCUT2D eigenvalue weighted by atomic mass is 10.2. The molecule has 7 heteroatoms. The summed E-state index contributed by atoms with van der Waals surface area (Å²) >= 11 is 4.72. The van der Waals surface area contributed by atoms with Gasteiger partial charge >= 0.3 is 5.97 Å². The number of hydrogen-bond acceptors (Lipinski definition) is 6. The van der Waals surface area contributed by atoms with Crippen molar-refractivity contribution in [3.05, 3.63) is 33.5 Å². The van der Waals surface area contributed by atoms with Crippen LogP contribution < -0.4 is 0 Å². The minimum atomic E-state index is -0.932. The van der Waals surface area contributed by atoms with E-state index >= 15 is 0 Å². The summed E-state index contributed by atoms with van der Waals surface area (Å²) in [6.45, 7) is 0. The molecule has 0 radical (unpaired) electrons. The number of rotatable bonds is 5. The standard InChI is InChI=1S/C10H8N2O2S3/c13-9(14)2-1-7-3-4-15-8(7)5-16-10-12-11-6-17-10/h1-4,6H,5H2,(H,13,14). The Morgan fingerprint density at radius 2 is 2.41 bits per heavy atom. The Morgan fingerprint density at radius 1 is 1.53 bits per heavy atom. The summed E-state index contributed by atoms with van der Waals surface area (Å²) in [5.74, 6) is -0.148. The second-order valence-electron chi connectivity index (χ2n) is 2.96. The third-order valence-corrected chi connectivity index (χ3v) is 4.86. The first kappa shape index (κ1) is 12.3. The highest BCUT2D eigenvalue weighted by Crippen LogP contribution is 2.28. The minimum absolute atomic E-state index is 0.784. The van der Waals surface area contributed by atoms with Crippen molar-refractivity contribution in [2.24, 2.45) is 0 Å². The Hall–Kier alpha value is -1.18. The fraction of sp³-hybridized carbons (Fsp3) is 0.100. The topological polar surface area (TPSA) is 63.1 Å². The first-order valence-electron chi connectivity index (χ1n) is 4.62. The summed E-state index contributed by atoms with van der Waals surface area (Å²) in [5, 5.41) is 18.2. The summed E-state index contributed by atoms with van der Waals surface area (Å²) in [6, 6.07) is 1.92. The highest BCUT2D eigenvalue weighted by Gasteiger charge is 2.04. The Bertz CT molecular complexity index is 519. The Labute approximate surface area is 110 Å². The molecule has 0 aliphatic heterocycles. The quantitative estimate of drug-likeness (QED) is 0.675. The third-order valence-electron chi connectivity index (χ3n) is 1.85. The van der Waals surface area contributed by atoms with E-state index in [0.717, 1.165) is 26.6 Å². The van der Waals surface area contributed by atoms with Crippen LogP contribution in [0.2, 0.25) is 0 Å². The average molecular weight is 284 g/mol. The highest BCUT2D eigenvalue weighted by atomic mass is 32.2. The fourth-order valence-corrected chi connectivity index (χ4v) is 3.61. The van der Waals surface area contributed by atoms with Crippen molar-refractivity contribution in [2.45, 2.75) is 10.1 Å². The maximum Gasteiger partial charge on any atom is 0.328 e. The van der Waals surface area contributed by atoms with Gasteiger partial charge in [-0.3, -0.25) is 0 Å². The van der Waals surface area contributed by atoms with E-state index in [9.17, 15) is 4.79 Å². The smallest absolute Gasteiger partial charge is 0.328 e. The number of carbonyl (C=O) groups is 1. The van der Waals surface area contributed by atoms with Gasteiger partial charge in [0.2, 0.25) is 0 Å². The lowest BCUT2D eigenvalue weighted by molar-refractivity contribution is -0.131. The van der Waals surface area contributed by atoms with Gasteiger partial charge in [0.25, 0.3) is 0 Å². The van der Waals surface area contributed by atoms with Crippen molar-refractivity contribution >= 4 is 46.5 Å². The molecule has 0 bridgehead atoms. The number of nitrogens with zero attached hydrogens (tertiary/aromatic N) is 2. The zero-order chi connectivity index (χ0) is 12.1. The highest BCUT2D eigenvalue weighted by molar-refractivity contribution is 8.00. The predicted octanol–water partition coefficient (Wildman–Crippen LogP) is 2.99. The van der Waals surface area contributed by atoms with E-state index in [1.54, 1.807) is 34.7 Å². The van der Waals surface area contributed by atoms with Crippen LogP contribution in [0, 0.1) is 0 Å². The number of aliphatic carboxylic acids is 1. The molecule has 2 rings (SSSR count). The molecule has 2 aromatic heterocycles. The monoisotopic (exact) mass is 284 g/mol. The zero-order valence-electron chi connectivity index (χ0n) is 8.57. The van der Waals surface area contributed by atoms with Crippen molar-refractivity contribution in [1.82, 2.24) is 10.2 Å². The van der Waals surface area contributed by atoms with Crippen LogP contribution in [0.5, 0.6) is 0 Å². The van der Waals surface area contributed by atoms with Crippen molar-refractivity contribution in [3.8, 4) is 0 Å².